The van der Waals surface area contributed by atoms with Crippen molar-refractivity contribution in [2.45, 2.75) is 44.9 Å². The molecule has 32 heavy (non-hydrogen) atoms. The quantitative estimate of drug-likeness (QED) is 0.408. The van der Waals surface area contributed by atoms with E-state index in [1.165, 1.54) is 7.11 Å². The Hall–Kier alpha value is -3.14. The van der Waals surface area contributed by atoms with Crippen LogP contribution in [0.3, 0.4) is 0 Å². The van der Waals surface area contributed by atoms with Crippen molar-refractivity contribution in [2.24, 2.45) is 11.3 Å². The Bertz CT molecular complexity index is 1260. The number of carbonyl (C=O) groups excluding carboxylic acids is 2. The van der Waals surface area contributed by atoms with Gasteiger partial charge in [-0.1, -0.05) is 55.8 Å². The molecule has 0 spiro atoms. The van der Waals surface area contributed by atoms with Crippen molar-refractivity contribution >= 4 is 28.2 Å². The predicted molar refractivity (Wildman–Crippen MR) is 128 cm³/mol. The average Bonchev–Trinajstić information content (AvgIpc) is 2.79. The molecule has 2 aliphatic carbocycles. The van der Waals surface area contributed by atoms with Gasteiger partial charge in [-0.3, -0.25) is 9.59 Å². The standard InChI is InChI=1S/C28H29NO3/c1-27-12-7-13-28(2,26(31)32-3)25(27)16-24(30)21-15-23(29)20(14-22(21)27)19-11-6-9-17-8-4-5-10-18(17)19/h4-6,8-11,14-15,25H,7,12-13,16,29H2,1-3H3/t25-,27-,28-/m1/s1. The summed E-state index contributed by atoms with van der Waals surface area (Å²) in [6.45, 7) is 4.19. The Morgan fingerprint density at radius 3 is 2.53 bits per heavy atom. The maximum atomic E-state index is 13.3. The van der Waals surface area contributed by atoms with Crippen LogP contribution in [0, 0.1) is 11.3 Å². The Balaban J connectivity index is 1.73. The highest BCUT2D eigenvalue weighted by atomic mass is 16.5. The first-order valence-corrected chi connectivity index (χ1v) is 11.3. The molecule has 0 aromatic heterocycles. The minimum absolute atomic E-state index is 0.0654. The molecule has 3 aromatic carbocycles. The fourth-order valence-electron chi connectivity index (χ4n) is 6.43. The molecule has 0 bridgehead atoms. The molecule has 3 atom stereocenters. The maximum Gasteiger partial charge on any atom is 0.311 e. The molecule has 1 saturated carbocycles. The molecule has 2 aliphatic rings. The molecule has 4 heteroatoms. The fraction of sp³-hybridized carbons (Fsp3) is 0.357. The lowest BCUT2D eigenvalue weighted by molar-refractivity contribution is -0.160. The third-order valence-corrected chi connectivity index (χ3v) is 8.16. The summed E-state index contributed by atoms with van der Waals surface area (Å²) < 4.78 is 5.20. The van der Waals surface area contributed by atoms with Gasteiger partial charge in [0.2, 0.25) is 0 Å². The van der Waals surface area contributed by atoms with Crippen molar-refractivity contribution in [2.75, 3.05) is 12.8 Å². The number of hydrogen-bond donors (Lipinski definition) is 1. The van der Waals surface area contributed by atoms with Crippen LogP contribution < -0.4 is 5.73 Å². The molecule has 2 N–H and O–H groups in total. The molecule has 0 heterocycles. The molecular formula is C28H29NO3. The molecule has 4 nitrogen and oxygen atoms in total. The van der Waals surface area contributed by atoms with E-state index in [-0.39, 0.29) is 23.1 Å². The maximum absolute atomic E-state index is 13.3. The van der Waals surface area contributed by atoms with Gasteiger partial charge in [-0.15, -0.1) is 0 Å². The number of nitrogens with two attached hydrogens (primary N) is 1. The number of methoxy groups -OCH3 is 1. The number of esters is 1. The lowest BCUT2D eigenvalue weighted by Gasteiger charge is -2.53. The molecule has 1 fully saturated rings. The van der Waals surface area contributed by atoms with Gasteiger partial charge >= 0.3 is 5.97 Å². The fourth-order valence-corrected chi connectivity index (χ4v) is 6.43. The summed E-state index contributed by atoms with van der Waals surface area (Å²) in [5, 5.41) is 2.28. The summed E-state index contributed by atoms with van der Waals surface area (Å²) in [5.74, 6) is -0.245. The van der Waals surface area contributed by atoms with E-state index in [2.05, 4.69) is 37.3 Å². The first-order valence-electron chi connectivity index (χ1n) is 11.3. The number of carbonyl (C=O) groups is 2. The molecule has 0 amide bonds. The lowest BCUT2D eigenvalue weighted by Crippen LogP contribution is -2.53. The average molecular weight is 428 g/mol. The molecule has 164 valence electrons. The summed E-state index contributed by atoms with van der Waals surface area (Å²) in [4.78, 5) is 26.1. The summed E-state index contributed by atoms with van der Waals surface area (Å²) in [7, 11) is 1.44. The Morgan fingerprint density at radius 1 is 1.00 bits per heavy atom. The van der Waals surface area contributed by atoms with Crippen molar-refractivity contribution in [3.63, 3.8) is 0 Å². The first-order chi connectivity index (χ1) is 15.3. The molecular weight excluding hydrogens is 398 g/mol. The van der Waals surface area contributed by atoms with E-state index in [9.17, 15) is 9.59 Å². The van der Waals surface area contributed by atoms with Crippen molar-refractivity contribution < 1.29 is 14.3 Å². The van der Waals surface area contributed by atoms with Crippen molar-refractivity contribution in [1.29, 1.82) is 0 Å². The second-order valence-corrected chi connectivity index (χ2v) is 9.87. The van der Waals surface area contributed by atoms with Crippen LogP contribution in [0.4, 0.5) is 5.69 Å². The van der Waals surface area contributed by atoms with Gasteiger partial charge in [-0.25, -0.2) is 0 Å². The van der Waals surface area contributed by atoms with E-state index in [0.717, 1.165) is 46.7 Å². The van der Waals surface area contributed by atoms with E-state index in [0.29, 0.717) is 17.7 Å². The smallest absolute Gasteiger partial charge is 0.311 e. The van der Waals surface area contributed by atoms with Gasteiger partial charge < -0.3 is 10.5 Å². The van der Waals surface area contributed by atoms with Crippen LogP contribution in [-0.2, 0) is 14.9 Å². The third-order valence-electron chi connectivity index (χ3n) is 8.16. The van der Waals surface area contributed by atoms with Gasteiger partial charge in [-0.05, 0) is 65.1 Å². The molecule has 0 unspecified atom stereocenters. The summed E-state index contributed by atoms with van der Waals surface area (Å²) in [6, 6.07) is 18.5. The third kappa shape index (κ3) is 2.82. The van der Waals surface area contributed by atoms with Gasteiger partial charge in [0, 0.05) is 23.2 Å². The van der Waals surface area contributed by atoms with Crippen LogP contribution in [0.15, 0.2) is 54.6 Å². The van der Waals surface area contributed by atoms with E-state index < -0.39 is 5.41 Å². The second-order valence-electron chi connectivity index (χ2n) is 9.87. The number of hydrogen-bond acceptors (Lipinski definition) is 4. The van der Waals surface area contributed by atoms with Gasteiger partial charge in [0.25, 0.3) is 0 Å². The lowest BCUT2D eigenvalue weighted by atomic mass is 9.49. The van der Waals surface area contributed by atoms with E-state index >= 15 is 0 Å². The van der Waals surface area contributed by atoms with Crippen molar-refractivity contribution in [3.05, 3.63) is 65.7 Å². The number of fused-ring (bicyclic) bond motifs is 4. The highest BCUT2D eigenvalue weighted by Gasteiger charge is 2.57. The normalized spacial score (nSPS) is 27.0. The van der Waals surface area contributed by atoms with E-state index in [1.54, 1.807) is 0 Å². The largest absolute Gasteiger partial charge is 0.469 e. The van der Waals surface area contributed by atoms with Crippen LogP contribution in [-0.4, -0.2) is 18.9 Å². The number of anilines is 1. The minimum atomic E-state index is -0.671. The molecule has 0 aliphatic heterocycles. The monoisotopic (exact) mass is 427 g/mol. The highest BCUT2D eigenvalue weighted by molar-refractivity contribution is 6.04. The van der Waals surface area contributed by atoms with Gasteiger partial charge in [0.15, 0.2) is 5.78 Å². The van der Waals surface area contributed by atoms with Crippen LogP contribution >= 0.6 is 0 Å². The molecule has 0 radical (unpaired) electrons. The Kier molecular flexibility index (Phi) is 4.66. The minimum Gasteiger partial charge on any atom is -0.469 e. The van der Waals surface area contributed by atoms with Gasteiger partial charge in [-0.2, -0.15) is 0 Å². The highest BCUT2D eigenvalue weighted by Crippen LogP contribution is 2.58. The number of nitrogen functional groups attached to an aromatic ring is 1. The van der Waals surface area contributed by atoms with Gasteiger partial charge in [0.05, 0.1) is 12.5 Å². The Morgan fingerprint density at radius 2 is 1.75 bits per heavy atom. The number of ketones is 1. The van der Waals surface area contributed by atoms with Gasteiger partial charge in [0.1, 0.15) is 0 Å². The number of benzene rings is 3. The number of rotatable bonds is 2. The predicted octanol–water partition coefficient (Wildman–Crippen LogP) is 5.91. The zero-order chi connectivity index (χ0) is 22.7. The SMILES string of the molecule is COC(=O)[C@]1(C)CCC[C@]2(C)c3cc(-c4cccc5ccccc45)c(N)cc3C(=O)C[C@@H]12. The van der Waals surface area contributed by atoms with Crippen LogP contribution in [0.1, 0.15) is 55.5 Å². The number of ether oxygens (including phenoxy) is 1. The topological polar surface area (TPSA) is 69.4 Å². The van der Waals surface area contributed by atoms with Crippen molar-refractivity contribution in [1.82, 2.24) is 0 Å². The zero-order valence-electron chi connectivity index (χ0n) is 18.9. The Labute approximate surface area is 188 Å². The second kappa shape index (κ2) is 7.19. The van der Waals surface area contributed by atoms with E-state index in [4.69, 9.17) is 10.5 Å². The summed E-state index contributed by atoms with van der Waals surface area (Å²) in [6.07, 6.45) is 2.94. The summed E-state index contributed by atoms with van der Waals surface area (Å²) >= 11 is 0. The summed E-state index contributed by atoms with van der Waals surface area (Å²) in [5.41, 5.74) is 9.92. The zero-order valence-corrected chi connectivity index (χ0v) is 18.9. The van der Waals surface area contributed by atoms with Crippen LogP contribution in [0.2, 0.25) is 0 Å². The van der Waals surface area contributed by atoms with E-state index in [1.807, 2.05) is 31.2 Å². The number of Topliss-reactive ketones (excluding diaryl/α,β-unsaturated/α-hetero) is 1. The van der Waals surface area contributed by atoms with Crippen LogP contribution in [0.5, 0.6) is 0 Å². The van der Waals surface area contributed by atoms with Crippen molar-refractivity contribution in [3.8, 4) is 11.1 Å². The first kappa shape index (κ1) is 20.7. The molecule has 3 aromatic rings. The van der Waals surface area contributed by atoms with Crippen LogP contribution in [0.25, 0.3) is 21.9 Å². The molecule has 5 rings (SSSR count). The molecule has 0 saturated heterocycles.